The van der Waals surface area contributed by atoms with E-state index in [2.05, 4.69) is 20.6 Å². The number of benzene rings is 2. The maximum atomic E-state index is 13.0. The Hall–Kier alpha value is -4.00. The number of fused-ring (bicyclic) bond motifs is 1. The molecule has 2 amide bonds. The zero-order chi connectivity index (χ0) is 23.2. The Balaban J connectivity index is 1.44. The first-order chi connectivity index (χ1) is 16.0. The highest BCUT2D eigenvalue weighted by molar-refractivity contribution is 5.88. The molecule has 168 valence electrons. The third-order valence-electron chi connectivity index (χ3n) is 5.27. The Kier molecular flexibility index (Phi) is 6.78. The summed E-state index contributed by atoms with van der Waals surface area (Å²) in [5.74, 6) is 0.555. The number of nitrogens with zero attached hydrogens (tertiary/aromatic N) is 3. The second-order valence-corrected chi connectivity index (χ2v) is 8.35. The minimum absolute atomic E-state index is 0.146. The lowest BCUT2D eigenvalue weighted by molar-refractivity contribution is -0.129. The van der Waals surface area contributed by atoms with Gasteiger partial charge < -0.3 is 10.6 Å². The fraction of sp³-hybridized carbons (Fsp3) is 0.231. The highest BCUT2D eigenvalue weighted by Crippen LogP contribution is 2.17. The Morgan fingerprint density at radius 3 is 2.42 bits per heavy atom. The van der Waals surface area contributed by atoms with E-state index in [-0.39, 0.29) is 17.7 Å². The van der Waals surface area contributed by atoms with Gasteiger partial charge in [-0.05, 0) is 35.2 Å². The molecule has 33 heavy (non-hydrogen) atoms. The van der Waals surface area contributed by atoms with E-state index in [1.165, 1.54) is 0 Å². The molecule has 0 fully saturated rings. The number of aromatic nitrogens is 3. The molecule has 2 heterocycles. The molecule has 2 aromatic heterocycles. The molecule has 0 aliphatic carbocycles. The maximum absolute atomic E-state index is 13.0. The van der Waals surface area contributed by atoms with Gasteiger partial charge in [-0.25, -0.2) is 9.97 Å². The average Bonchev–Trinajstić information content (AvgIpc) is 3.26. The van der Waals surface area contributed by atoms with Crippen LogP contribution in [0.2, 0.25) is 0 Å². The topological polar surface area (TPSA) is 88.9 Å². The molecule has 0 saturated carbocycles. The molecule has 1 atom stereocenters. The molecule has 0 bridgehead atoms. The van der Waals surface area contributed by atoms with E-state index in [1.54, 1.807) is 12.5 Å². The largest absolute Gasteiger partial charge is 0.350 e. The molecule has 0 radical (unpaired) electrons. The first-order valence-corrected chi connectivity index (χ1v) is 11.0. The molecular weight excluding hydrogens is 414 g/mol. The Labute approximate surface area is 192 Å². The Morgan fingerprint density at radius 1 is 0.939 bits per heavy atom. The smallest absolute Gasteiger partial charge is 0.247 e. The van der Waals surface area contributed by atoms with Gasteiger partial charge in [-0.1, -0.05) is 62.4 Å². The van der Waals surface area contributed by atoms with Crippen molar-refractivity contribution in [3.05, 3.63) is 90.4 Å². The molecular formula is C26H27N5O2. The minimum atomic E-state index is -0.748. The van der Waals surface area contributed by atoms with Gasteiger partial charge >= 0.3 is 0 Å². The van der Waals surface area contributed by atoms with Crippen LogP contribution in [0.3, 0.4) is 0 Å². The number of nitrogens with one attached hydrogen (secondary N) is 2. The number of hydrogen-bond acceptors (Lipinski definition) is 4. The zero-order valence-corrected chi connectivity index (χ0v) is 18.7. The molecule has 2 N–H and O–H groups in total. The van der Waals surface area contributed by atoms with Crippen LogP contribution in [0.1, 0.15) is 37.4 Å². The fourth-order valence-corrected chi connectivity index (χ4v) is 3.63. The van der Waals surface area contributed by atoms with E-state index >= 15 is 0 Å². The van der Waals surface area contributed by atoms with Crippen molar-refractivity contribution in [2.45, 2.75) is 32.9 Å². The van der Waals surface area contributed by atoms with Crippen LogP contribution >= 0.6 is 0 Å². The standard InChI is InChI=1S/C26H27N5O2/c1-18(2)14-24(32)30-25(20-8-4-3-5-9-20)26(33)28-16-19-12-13-23(27-15-19)31-17-29-21-10-6-7-11-22(21)31/h3-13,15,17-18,25H,14,16H2,1-2H3,(H,28,33)(H,30,32). The van der Waals surface area contributed by atoms with Crippen molar-refractivity contribution in [1.82, 2.24) is 25.2 Å². The molecule has 7 heteroatoms. The van der Waals surface area contributed by atoms with Crippen LogP contribution in [-0.2, 0) is 16.1 Å². The number of pyridine rings is 1. The van der Waals surface area contributed by atoms with Crippen molar-refractivity contribution >= 4 is 22.8 Å². The average molecular weight is 442 g/mol. The van der Waals surface area contributed by atoms with Gasteiger partial charge in [0.1, 0.15) is 18.2 Å². The molecule has 0 aliphatic rings. The summed E-state index contributed by atoms with van der Waals surface area (Å²) in [6.07, 6.45) is 3.85. The molecule has 4 aromatic rings. The number of imidazole rings is 1. The van der Waals surface area contributed by atoms with Crippen LogP contribution in [0, 0.1) is 5.92 Å². The number of rotatable bonds is 8. The minimum Gasteiger partial charge on any atom is -0.350 e. The summed E-state index contributed by atoms with van der Waals surface area (Å²) in [5, 5.41) is 5.80. The van der Waals surface area contributed by atoms with E-state index < -0.39 is 6.04 Å². The third-order valence-corrected chi connectivity index (χ3v) is 5.27. The monoisotopic (exact) mass is 441 g/mol. The molecule has 0 spiro atoms. The summed E-state index contributed by atoms with van der Waals surface area (Å²) in [4.78, 5) is 34.3. The normalized spacial score (nSPS) is 12.0. The van der Waals surface area contributed by atoms with Crippen LogP contribution in [0.15, 0.2) is 79.3 Å². The summed E-state index contributed by atoms with van der Waals surface area (Å²) < 4.78 is 1.92. The van der Waals surface area contributed by atoms with E-state index in [9.17, 15) is 9.59 Å². The number of carbonyl (C=O) groups excluding carboxylic acids is 2. The van der Waals surface area contributed by atoms with Gasteiger partial charge in [0.05, 0.1) is 11.0 Å². The van der Waals surface area contributed by atoms with E-state index in [4.69, 9.17) is 0 Å². The number of para-hydroxylation sites is 2. The summed E-state index contributed by atoms with van der Waals surface area (Å²) >= 11 is 0. The highest BCUT2D eigenvalue weighted by Gasteiger charge is 2.22. The lowest BCUT2D eigenvalue weighted by Gasteiger charge is -2.19. The second-order valence-electron chi connectivity index (χ2n) is 8.35. The van der Waals surface area contributed by atoms with Crippen molar-refractivity contribution in [2.24, 2.45) is 5.92 Å². The van der Waals surface area contributed by atoms with E-state index in [1.807, 2.05) is 85.1 Å². The lowest BCUT2D eigenvalue weighted by atomic mass is 10.0. The summed E-state index contributed by atoms with van der Waals surface area (Å²) in [7, 11) is 0. The summed E-state index contributed by atoms with van der Waals surface area (Å²) in [6.45, 7) is 4.25. The Morgan fingerprint density at radius 2 is 1.70 bits per heavy atom. The first-order valence-electron chi connectivity index (χ1n) is 11.0. The quantitative estimate of drug-likeness (QED) is 0.433. The summed E-state index contributed by atoms with van der Waals surface area (Å²) in [6, 6.07) is 20.2. The number of hydrogen-bond donors (Lipinski definition) is 2. The lowest BCUT2D eigenvalue weighted by Crippen LogP contribution is -2.40. The number of carbonyl (C=O) groups is 2. The van der Waals surface area contributed by atoms with Gasteiger partial charge in [-0.2, -0.15) is 0 Å². The number of amides is 2. The van der Waals surface area contributed by atoms with E-state index in [0.717, 1.165) is 28.0 Å². The first kappa shape index (κ1) is 22.2. The van der Waals surface area contributed by atoms with Gasteiger partial charge in [-0.3, -0.25) is 14.2 Å². The van der Waals surface area contributed by atoms with Crippen molar-refractivity contribution in [1.29, 1.82) is 0 Å². The van der Waals surface area contributed by atoms with Crippen LogP contribution in [0.25, 0.3) is 16.9 Å². The van der Waals surface area contributed by atoms with Crippen LogP contribution in [-0.4, -0.2) is 26.3 Å². The predicted octanol–water partition coefficient (Wildman–Crippen LogP) is 3.94. The van der Waals surface area contributed by atoms with Gasteiger partial charge in [0, 0.05) is 19.2 Å². The molecule has 0 saturated heterocycles. The molecule has 7 nitrogen and oxygen atoms in total. The zero-order valence-electron chi connectivity index (χ0n) is 18.7. The fourth-order valence-electron chi connectivity index (χ4n) is 3.63. The van der Waals surface area contributed by atoms with Crippen molar-refractivity contribution in [3.63, 3.8) is 0 Å². The summed E-state index contributed by atoms with van der Waals surface area (Å²) in [5.41, 5.74) is 3.49. The predicted molar refractivity (Wildman–Crippen MR) is 127 cm³/mol. The third kappa shape index (κ3) is 5.44. The second kappa shape index (κ2) is 10.1. The van der Waals surface area contributed by atoms with Crippen LogP contribution in [0.4, 0.5) is 0 Å². The highest BCUT2D eigenvalue weighted by atomic mass is 16.2. The molecule has 4 rings (SSSR count). The van der Waals surface area contributed by atoms with Gasteiger partial charge in [0.25, 0.3) is 0 Å². The van der Waals surface area contributed by atoms with Crippen LogP contribution < -0.4 is 10.6 Å². The van der Waals surface area contributed by atoms with Gasteiger partial charge in [0.2, 0.25) is 11.8 Å². The molecule has 2 aromatic carbocycles. The van der Waals surface area contributed by atoms with Gasteiger partial charge in [0.15, 0.2) is 0 Å². The van der Waals surface area contributed by atoms with E-state index in [0.29, 0.717) is 13.0 Å². The SMILES string of the molecule is CC(C)CC(=O)NC(C(=O)NCc1ccc(-n2cnc3ccccc32)nc1)c1ccccc1. The van der Waals surface area contributed by atoms with Crippen molar-refractivity contribution < 1.29 is 9.59 Å². The van der Waals surface area contributed by atoms with Crippen LogP contribution in [0.5, 0.6) is 0 Å². The van der Waals surface area contributed by atoms with Crippen molar-refractivity contribution in [3.8, 4) is 5.82 Å². The van der Waals surface area contributed by atoms with Gasteiger partial charge in [-0.15, -0.1) is 0 Å². The molecule has 0 aliphatic heterocycles. The maximum Gasteiger partial charge on any atom is 0.247 e. The molecule has 1 unspecified atom stereocenters. The Bertz CT molecular complexity index is 1230. The van der Waals surface area contributed by atoms with Crippen molar-refractivity contribution in [2.75, 3.05) is 0 Å².